The van der Waals surface area contributed by atoms with Crippen LogP contribution in [0.15, 0.2) is 0 Å². The van der Waals surface area contributed by atoms with Gasteiger partial charge in [0, 0.05) is 19.3 Å². The first-order chi connectivity index (χ1) is 25.9. The minimum absolute atomic E-state index is 0.0640. The van der Waals surface area contributed by atoms with Crippen molar-refractivity contribution >= 4 is 17.9 Å². The average molecular weight is 751 g/mol. The van der Waals surface area contributed by atoms with E-state index in [4.69, 9.17) is 14.2 Å². The Morgan fingerprint density at radius 3 is 0.925 bits per heavy atom. The van der Waals surface area contributed by atoms with Crippen molar-refractivity contribution in [3.8, 4) is 0 Å². The summed E-state index contributed by atoms with van der Waals surface area (Å²) in [4.78, 5) is 37.7. The first-order valence-electron chi connectivity index (χ1n) is 23.4. The lowest BCUT2D eigenvalue weighted by Crippen LogP contribution is -2.30. The molecule has 0 amide bonds. The maximum Gasteiger partial charge on any atom is 0.306 e. The molecule has 0 aliphatic rings. The highest BCUT2D eigenvalue weighted by molar-refractivity contribution is 5.71. The molecule has 6 nitrogen and oxygen atoms in total. The minimum Gasteiger partial charge on any atom is -0.462 e. The maximum absolute atomic E-state index is 12.7. The van der Waals surface area contributed by atoms with Crippen LogP contribution in [0.5, 0.6) is 0 Å². The monoisotopic (exact) mass is 751 g/mol. The molecule has 0 bridgehead atoms. The van der Waals surface area contributed by atoms with Crippen LogP contribution in [0.4, 0.5) is 0 Å². The summed E-state index contributed by atoms with van der Waals surface area (Å²) in [5, 5.41) is 0. The van der Waals surface area contributed by atoms with E-state index >= 15 is 0 Å². The average Bonchev–Trinajstić information content (AvgIpc) is 3.14. The van der Waals surface area contributed by atoms with Crippen molar-refractivity contribution in [2.45, 2.75) is 265 Å². The number of hydrogen-bond donors (Lipinski definition) is 0. The summed E-state index contributed by atoms with van der Waals surface area (Å²) in [6, 6.07) is 0. The van der Waals surface area contributed by atoms with Gasteiger partial charge in [0.1, 0.15) is 13.2 Å². The number of ether oxygens (including phenoxy) is 3. The Morgan fingerprint density at radius 2 is 0.623 bits per heavy atom. The number of hydrogen-bond acceptors (Lipinski definition) is 6. The molecule has 0 saturated carbocycles. The summed E-state index contributed by atoms with van der Waals surface area (Å²) < 4.78 is 16.7. The lowest BCUT2D eigenvalue weighted by Gasteiger charge is -2.18. The fourth-order valence-corrected chi connectivity index (χ4v) is 6.98. The molecule has 0 spiro atoms. The fraction of sp³-hybridized carbons (Fsp3) is 0.936. The second-order valence-electron chi connectivity index (χ2n) is 16.5. The van der Waals surface area contributed by atoms with E-state index in [1.807, 2.05) is 0 Å². The predicted molar refractivity (Wildman–Crippen MR) is 224 cm³/mol. The maximum atomic E-state index is 12.7. The van der Waals surface area contributed by atoms with E-state index in [0.717, 1.165) is 63.7 Å². The van der Waals surface area contributed by atoms with Crippen molar-refractivity contribution < 1.29 is 28.6 Å². The predicted octanol–water partition coefficient (Wildman–Crippen LogP) is 14.7. The van der Waals surface area contributed by atoms with Crippen LogP contribution in [-0.4, -0.2) is 37.2 Å². The molecule has 0 aromatic carbocycles. The van der Waals surface area contributed by atoms with Crippen molar-refractivity contribution in [3.63, 3.8) is 0 Å². The van der Waals surface area contributed by atoms with Gasteiger partial charge in [-0.15, -0.1) is 0 Å². The van der Waals surface area contributed by atoms with Crippen molar-refractivity contribution in [3.05, 3.63) is 0 Å². The second kappa shape index (κ2) is 41.6. The zero-order chi connectivity index (χ0) is 38.9. The Balaban J connectivity index is 4.32. The Labute approximate surface area is 329 Å². The molecule has 0 saturated heterocycles. The van der Waals surface area contributed by atoms with Gasteiger partial charge in [0.05, 0.1) is 0 Å². The molecule has 0 aliphatic carbocycles. The summed E-state index contributed by atoms with van der Waals surface area (Å²) in [7, 11) is 0. The first kappa shape index (κ1) is 51.4. The summed E-state index contributed by atoms with van der Waals surface area (Å²) in [6.07, 6.45) is 40.9. The fourth-order valence-electron chi connectivity index (χ4n) is 6.98. The lowest BCUT2D eigenvalue weighted by molar-refractivity contribution is -0.167. The molecule has 0 aliphatic heterocycles. The minimum atomic E-state index is -0.759. The third-order valence-corrected chi connectivity index (χ3v) is 10.5. The highest BCUT2D eigenvalue weighted by Crippen LogP contribution is 2.16. The van der Waals surface area contributed by atoms with Gasteiger partial charge < -0.3 is 14.2 Å². The SMILES string of the molecule is CCCCCCCCCCCCCCCC(=O)O[C@@H](COC(=O)CCCCCCCCCCCCCC)COC(=O)CCCCCCCCCC(C)C. The Morgan fingerprint density at radius 1 is 0.358 bits per heavy atom. The Kier molecular flexibility index (Phi) is 40.3. The van der Waals surface area contributed by atoms with Gasteiger partial charge in [-0.2, -0.15) is 0 Å². The van der Waals surface area contributed by atoms with Crippen LogP contribution in [0.3, 0.4) is 0 Å². The molecule has 6 heteroatoms. The number of esters is 3. The summed E-state index contributed by atoms with van der Waals surface area (Å²) in [6.45, 7) is 8.95. The van der Waals surface area contributed by atoms with Crippen LogP contribution in [0.1, 0.15) is 259 Å². The molecule has 0 heterocycles. The number of rotatable bonds is 42. The van der Waals surface area contributed by atoms with Crippen molar-refractivity contribution in [2.24, 2.45) is 5.92 Å². The molecule has 0 aromatic rings. The normalized spacial score (nSPS) is 11.9. The van der Waals surface area contributed by atoms with E-state index in [2.05, 4.69) is 27.7 Å². The third-order valence-electron chi connectivity index (χ3n) is 10.5. The van der Waals surface area contributed by atoms with E-state index in [0.29, 0.717) is 19.3 Å². The van der Waals surface area contributed by atoms with Gasteiger partial charge in [-0.05, 0) is 25.2 Å². The van der Waals surface area contributed by atoms with Crippen molar-refractivity contribution in [1.82, 2.24) is 0 Å². The lowest BCUT2D eigenvalue weighted by atomic mass is 10.0. The number of unbranched alkanes of at least 4 members (excludes halogenated alkanes) is 29. The summed E-state index contributed by atoms with van der Waals surface area (Å²) in [5.74, 6) is -0.0729. The molecule has 0 N–H and O–H groups in total. The van der Waals surface area contributed by atoms with Gasteiger partial charge in [0.25, 0.3) is 0 Å². The Hall–Kier alpha value is -1.59. The van der Waals surface area contributed by atoms with E-state index < -0.39 is 6.10 Å². The number of carbonyl (C=O) groups is 3. The third kappa shape index (κ3) is 41.4. The van der Waals surface area contributed by atoms with Gasteiger partial charge in [-0.3, -0.25) is 14.4 Å². The van der Waals surface area contributed by atoms with E-state index in [1.54, 1.807) is 0 Å². The molecule has 314 valence electrons. The van der Waals surface area contributed by atoms with Gasteiger partial charge in [0.15, 0.2) is 6.10 Å². The Bertz CT molecular complexity index is 796. The van der Waals surface area contributed by atoms with Gasteiger partial charge in [-0.25, -0.2) is 0 Å². The highest BCUT2D eigenvalue weighted by atomic mass is 16.6. The van der Waals surface area contributed by atoms with Crippen LogP contribution in [0, 0.1) is 5.92 Å². The smallest absolute Gasteiger partial charge is 0.306 e. The molecule has 0 rings (SSSR count). The van der Waals surface area contributed by atoms with Crippen LogP contribution >= 0.6 is 0 Å². The topological polar surface area (TPSA) is 78.9 Å². The molecule has 0 fully saturated rings. The molecule has 0 aromatic heterocycles. The zero-order valence-electron chi connectivity index (χ0n) is 36.0. The van der Waals surface area contributed by atoms with Gasteiger partial charge in [0.2, 0.25) is 0 Å². The van der Waals surface area contributed by atoms with Gasteiger partial charge in [-0.1, -0.05) is 220 Å². The van der Waals surface area contributed by atoms with Crippen LogP contribution in [-0.2, 0) is 28.6 Å². The highest BCUT2D eigenvalue weighted by Gasteiger charge is 2.19. The van der Waals surface area contributed by atoms with Crippen LogP contribution in [0.25, 0.3) is 0 Å². The standard InChI is InChI=1S/C47H90O6/c1-5-7-9-11-13-15-17-19-21-23-27-32-36-40-47(50)53-44(42-52-46(49)39-35-31-28-24-25-29-33-37-43(3)4)41-51-45(48)38-34-30-26-22-20-18-16-14-12-10-8-6-2/h43-44H,5-42H2,1-4H3/t44-/m0/s1. The van der Waals surface area contributed by atoms with E-state index in [-0.39, 0.29) is 31.1 Å². The molecular formula is C47H90O6. The largest absolute Gasteiger partial charge is 0.462 e. The summed E-state index contributed by atoms with van der Waals surface area (Å²) >= 11 is 0. The van der Waals surface area contributed by atoms with E-state index in [1.165, 1.54) is 154 Å². The zero-order valence-corrected chi connectivity index (χ0v) is 36.0. The molecule has 0 radical (unpaired) electrons. The van der Waals surface area contributed by atoms with Gasteiger partial charge >= 0.3 is 17.9 Å². The van der Waals surface area contributed by atoms with E-state index in [9.17, 15) is 14.4 Å². The molecule has 53 heavy (non-hydrogen) atoms. The molecular weight excluding hydrogens is 661 g/mol. The molecule has 0 unspecified atom stereocenters. The summed E-state index contributed by atoms with van der Waals surface area (Å²) in [5.41, 5.74) is 0. The number of carbonyl (C=O) groups excluding carboxylic acids is 3. The molecule has 1 atom stereocenters. The first-order valence-corrected chi connectivity index (χ1v) is 23.4. The quantitative estimate of drug-likeness (QED) is 0.0351. The van der Waals surface area contributed by atoms with Crippen molar-refractivity contribution in [2.75, 3.05) is 13.2 Å². The van der Waals surface area contributed by atoms with Crippen LogP contribution in [0.2, 0.25) is 0 Å². The second-order valence-corrected chi connectivity index (χ2v) is 16.5. The van der Waals surface area contributed by atoms with Crippen LogP contribution < -0.4 is 0 Å². The van der Waals surface area contributed by atoms with Crippen molar-refractivity contribution in [1.29, 1.82) is 0 Å².